The summed E-state index contributed by atoms with van der Waals surface area (Å²) in [4.78, 5) is 24.4. The van der Waals surface area contributed by atoms with Gasteiger partial charge < -0.3 is 21.1 Å². The number of carboxylic acid groups (broad SMARTS) is 1. The number of hydrogen-bond acceptors (Lipinski definition) is 6. The summed E-state index contributed by atoms with van der Waals surface area (Å²) in [5.74, 6) is -2.26. The minimum absolute atomic E-state index is 0.0756. The molecule has 1 amide bonds. The summed E-state index contributed by atoms with van der Waals surface area (Å²) in [7, 11) is -4.39. The summed E-state index contributed by atoms with van der Waals surface area (Å²) in [6.07, 6.45) is 0.696. The van der Waals surface area contributed by atoms with E-state index in [4.69, 9.17) is 11.1 Å². The number of carbonyl (C=O) groups is 2. The number of nitrogens with one attached hydrogen (secondary N) is 2. The van der Waals surface area contributed by atoms with Gasteiger partial charge in [0.25, 0.3) is 5.91 Å². The number of likely N-dealkylation sites (tertiary alicyclic amines) is 1. The predicted molar refractivity (Wildman–Crippen MR) is 133 cm³/mol. The van der Waals surface area contributed by atoms with Gasteiger partial charge in [-0.2, -0.15) is 0 Å². The van der Waals surface area contributed by atoms with Gasteiger partial charge in [0.2, 0.25) is 14.7 Å². The second-order valence-electron chi connectivity index (χ2n) is 8.66. The average Bonchev–Trinajstić information content (AvgIpc) is 3.33. The fourth-order valence-electron chi connectivity index (χ4n) is 4.39. The summed E-state index contributed by atoms with van der Waals surface area (Å²) in [6.45, 7) is 1.38. The molecule has 182 valence electrons. The van der Waals surface area contributed by atoms with Crippen molar-refractivity contribution in [3.63, 3.8) is 0 Å². The number of nitrogens with two attached hydrogens (primary N) is 1. The Morgan fingerprint density at radius 2 is 1.80 bits per heavy atom. The van der Waals surface area contributed by atoms with Gasteiger partial charge >= 0.3 is 5.97 Å². The molecular weight excluding hydrogens is 468 g/mol. The Morgan fingerprint density at radius 1 is 1.09 bits per heavy atom. The largest absolute Gasteiger partial charge is 0.480 e. The number of amidine groups is 1. The highest BCUT2D eigenvalue weighted by Gasteiger charge is 2.52. The molecule has 2 atom stereocenters. The van der Waals surface area contributed by atoms with Crippen LogP contribution in [0.5, 0.6) is 0 Å². The SMILES string of the molecule is C[C@](Nc1cccc(C(=N)N)c1)(C(=O)N1CCC[C@H]1C(=O)O)S(=O)(=O)c1ccc2ccccc2c1. The topological polar surface area (TPSA) is 154 Å². The van der Waals surface area contributed by atoms with Crippen LogP contribution in [-0.4, -0.2) is 53.6 Å². The van der Waals surface area contributed by atoms with E-state index < -0.39 is 32.6 Å². The molecule has 0 bridgehead atoms. The fourth-order valence-corrected chi connectivity index (χ4v) is 5.99. The highest BCUT2D eigenvalue weighted by atomic mass is 32.2. The second-order valence-corrected chi connectivity index (χ2v) is 11.0. The molecule has 1 aliphatic heterocycles. The standard InChI is InChI=1S/C25H26N4O5S/c1-25(24(32)29-13-5-10-21(29)23(30)31,28-19-9-4-8-18(14-19)22(26)27)35(33,34)20-12-11-16-6-2-3-7-17(16)15-20/h2-4,6-9,11-12,14-15,21,28H,5,10,13H2,1H3,(H3,26,27)(H,30,31)/t21-,25+/m0/s1. The first kappa shape index (κ1) is 24.2. The van der Waals surface area contributed by atoms with Crippen molar-refractivity contribution in [1.29, 1.82) is 5.41 Å². The fraction of sp³-hybridized carbons (Fsp3) is 0.240. The number of carboxylic acids is 1. The first-order valence-electron chi connectivity index (χ1n) is 11.0. The van der Waals surface area contributed by atoms with Crippen LogP contribution in [0.1, 0.15) is 25.3 Å². The van der Waals surface area contributed by atoms with Crippen molar-refractivity contribution in [3.8, 4) is 0 Å². The second kappa shape index (κ2) is 9.03. The number of fused-ring (bicyclic) bond motifs is 1. The number of rotatable bonds is 7. The van der Waals surface area contributed by atoms with Crippen molar-refractivity contribution in [2.45, 2.75) is 35.6 Å². The van der Waals surface area contributed by atoms with Crippen LogP contribution in [0.2, 0.25) is 0 Å². The highest BCUT2D eigenvalue weighted by Crippen LogP contribution is 2.34. The van der Waals surface area contributed by atoms with Gasteiger partial charge in [0, 0.05) is 17.8 Å². The van der Waals surface area contributed by atoms with Crippen molar-refractivity contribution < 1.29 is 23.1 Å². The molecule has 0 saturated carbocycles. The lowest BCUT2D eigenvalue weighted by atomic mass is 10.1. The molecule has 1 saturated heterocycles. The maximum absolute atomic E-state index is 14.1. The van der Waals surface area contributed by atoms with Crippen LogP contribution in [0.3, 0.4) is 0 Å². The molecule has 4 rings (SSSR count). The third kappa shape index (κ3) is 4.32. The molecule has 0 spiro atoms. The van der Waals surface area contributed by atoms with Crippen LogP contribution in [0.15, 0.2) is 71.6 Å². The maximum atomic E-state index is 14.1. The van der Waals surface area contributed by atoms with E-state index in [1.165, 1.54) is 25.1 Å². The smallest absolute Gasteiger partial charge is 0.326 e. The lowest BCUT2D eigenvalue weighted by Crippen LogP contribution is -2.58. The van der Waals surface area contributed by atoms with Crippen LogP contribution in [-0.2, 0) is 19.4 Å². The van der Waals surface area contributed by atoms with Crippen molar-refractivity contribution in [1.82, 2.24) is 4.90 Å². The molecule has 1 heterocycles. The first-order valence-corrected chi connectivity index (χ1v) is 12.5. The van der Waals surface area contributed by atoms with Crippen LogP contribution in [0.25, 0.3) is 10.8 Å². The van der Waals surface area contributed by atoms with Crippen LogP contribution >= 0.6 is 0 Å². The summed E-state index contributed by atoms with van der Waals surface area (Å²) >= 11 is 0. The summed E-state index contributed by atoms with van der Waals surface area (Å²) in [6, 6.07) is 17.0. The molecule has 1 fully saturated rings. The maximum Gasteiger partial charge on any atom is 0.326 e. The molecule has 0 aromatic heterocycles. The third-order valence-corrected chi connectivity index (χ3v) is 8.56. The monoisotopic (exact) mass is 494 g/mol. The number of benzene rings is 3. The number of hydrogen-bond donors (Lipinski definition) is 4. The molecule has 0 aliphatic carbocycles. The van der Waals surface area contributed by atoms with Crippen molar-refractivity contribution in [3.05, 3.63) is 72.3 Å². The van der Waals surface area contributed by atoms with Crippen LogP contribution in [0.4, 0.5) is 5.69 Å². The van der Waals surface area contributed by atoms with E-state index in [2.05, 4.69) is 5.32 Å². The number of nitrogen functional groups attached to an aromatic ring is 1. The van der Waals surface area contributed by atoms with Gasteiger partial charge in [-0.05, 0) is 54.8 Å². The Kier molecular flexibility index (Phi) is 6.25. The Morgan fingerprint density at radius 3 is 2.49 bits per heavy atom. The quantitative estimate of drug-likeness (QED) is 0.291. The van der Waals surface area contributed by atoms with Gasteiger partial charge in [-0.1, -0.05) is 42.5 Å². The van der Waals surface area contributed by atoms with Crippen molar-refractivity contribution >= 4 is 44.0 Å². The minimum Gasteiger partial charge on any atom is -0.480 e. The van der Waals surface area contributed by atoms with Crippen molar-refractivity contribution in [2.75, 3.05) is 11.9 Å². The molecular formula is C25H26N4O5S. The molecule has 0 radical (unpaired) electrons. The Labute approximate surface area is 203 Å². The van der Waals surface area contributed by atoms with Gasteiger partial charge in [-0.3, -0.25) is 10.2 Å². The van der Waals surface area contributed by atoms with E-state index in [1.54, 1.807) is 36.4 Å². The molecule has 3 aromatic rings. The van der Waals surface area contributed by atoms with Gasteiger partial charge in [-0.25, -0.2) is 13.2 Å². The Balaban J connectivity index is 1.85. The molecule has 35 heavy (non-hydrogen) atoms. The lowest BCUT2D eigenvalue weighted by Gasteiger charge is -2.35. The molecule has 9 nitrogen and oxygen atoms in total. The van der Waals surface area contributed by atoms with E-state index in [-0.39, 0.29) is 29.4 Å². The zero-order valence-electron chi connectivity index (χ0n) is 19.1. The number of amides is 1. The zero-order valence-corrected chi connectivity index (χ0v) is 19.9. The van der Waals surface area contributed by atoms with E-state index in [0.29, 0.717) is 17.4 Å². The van der Waals surface area contributed by atoms with E-state index >= 15 is 0 Å². The number of sulfone groups is 1. The predicted octanol–water partition coefficient (Wildman–Crippen LogP) is 2.80. The number of aliphatic carboxylic acids is 1. The molecule has 1 aliphatic rings. The third-order valence-electron chi connectivity index (χ3n) is 6.33. The Bertz CT molecular complexity index is 1440. The first-order chi connectivity index (χ1) is 16.5. The number of nitrogens with zero attached hydrogens (tertiary/aromatic N) is 1. The molecule has 0 unspecified atom stereocenters. The molecule has 3 aromatic carbocycles. The minimum atomic E-state index is -4.39. The number of carbonyl (C=O) groups excluding carboxylic acids is 1. The average molecular weight is 495 g/mol. The number of anilines is 1. The van der Waals surface area contributed by atoms with Gasteiger partial charge in [0.05, 0.1) is 4.90 Å². The van der Waals surface area contributed by atoms with E-state index in [1.807, 2.05) is 12.1 Å². The van der Waals surface area contributed by atoms with Crippen LogP contribution in [0, 0.1) is 5.41 Å². The van der Waals surface area contributed by atoms with E-state index in [9.17, 15) is 23.1 Å². The summed E-state index contributed by atoms with van der Waals surface area (Å²) < 4.78 is 28.1. The van der Waals surface area contributed by atoms with Crippen molar-refractivity contribution in [2.24, 2.45) is 5.73 Å². The molecule has 10 heteroatoms. The van der Waals surface area contributed by atoms with Gasteiger partial charge in [0.15, 0.2) is 0 Å². The van der Waals surface area contributed by atoms with Gasteiger partial charge in [-0.15, -0.1) is 0 Å². The molecule has 5 N–H and O–H groups in total. The highest BCUT2D eigenvalue weighted by molar-refractivity contribution is 7.93. The Hall–Kier alpha value is -3.92. The van der Waals surface area contributed by atoms with Gasteiger partial charge in [0.1, 0.15) is 11.9 Å². The summed E-state index contributed by atoms with van der Waals surface area (Å²) in [5.41, 5.74) is 6.18. The zero-order chi connectivity index (χ0) is 25.4. The normalized spacial score (nSPS) is 17.6. The lowest BCUT2D eigenvalue weighted by molar-refractivity contribution is -0.148. The van der Waals surface area contributed by atoms with E-state index in [0.717, 1.165) is 10.3 Å². The summed E-state index contributed by atoms with van der Waals surface area (Å²) in [5, 5.41) is 21.7. The van der Waals surface area contributed by atoms with Crippen LogP contribution < -0.4 is 11.1 Å².